The van der Waals surface area contributed by atoms with E-state index < -0.39 is 6.61 Å². The van der Waals surface area contributed by atoms with Crippen LogP contribution in [0.4, 0.5) is 8.78 Å². The van der Waals surface area contributed by atoms with Crippen molar-refractivity contribution in [2.45, 2.75) is 20.5 Å². The highest BCUT2D eigenvalue weighted by atomic mass is 19.3. The molecule has 0 aliphatic carbocycles. The molecule has 0 bridgehead atoms. The van der Waals surface area contributed by atoms with E-state index >= 15 is 0 Å². The fourth-order valence-corrected chi connectivity index (χ4v) is 1.40. The third-order valence-corrected chi connectivity index (χ3v) is 2.15. The molecule has 0 spiro atoms. The first-order valence-electron chi connectivity index (χ1n) is 5.18. The molecule has 0 aliphatic heterocycles. The molecule has 0 aromatic heterocycles. The van der Waals surface area contributed by atoms with E-state index in [1.165, 1.54) is 38.1 Å². The minimum Gasteiger partial charge on any atom is -0.435 e. The second-order valence-corrected chi connectivity index (χ2v) is 3.62. The lowest BCUT2D eigenvalue weighted by atomic mass is 10.0. The molecule has 0 heterocycles. The van der Waals surface area contributed by atoms with Crippen LogP contribution < -0.4 is 4.74 Å². The van der Waals surface area contributed by atoms with Gasteiger partial charge in [-0.15, -0.1) is 0 Å². The van der Waals surface area contributed by atoms with Gasteiger partial charge in [0.25, 0.3) is 0 Å². The molecule has 0 amide bonds. The monoisotopic (exact) mass is 254 g/mol. The topological polar surface area (TPSA) is 43.4 Å². The minimum atomic E-state index is -2.91. The second-order valence-electron chi connectivity index (χ2n) is 3.62. The van der Waals surface area contributed by atoms with Crippen molar-refractivity contribution in [1.82, 2.24) is 0 Å². The van der Waals surface area contributed by atoms with Gasteiger partial charge in [0.05, 0.1) is 5.57 Å². The standard InChI is InChI=1S/C13H12F2O3/c1-8(16)12(9(2)17)7-10-4-3-5-11(6-10)18-13(14)15/h3-7,13H,1-2H3. The van der Waals surface area contributed by atoms with Crippen molar-refractivity contribution >= 4 is 17.6 Å². The molecule has 0 saturated heterocycles. The van der Waals surface area contributed by atoms with Crippen LogP contribution in [0.1, 0.15) is 19.4 Å². The van der Waals surface area contributed by atoms with E-state index in [-0.39, 0.29) is 22.9 Å². The zero-order valence-corrected chi connectivity index (χ0v) is 9.94. The van der Waals surface area contributed by atoms with Crippen LogP contribution in [0.2, 0.25) is 0 Å². The Bertz CT molecular complexity index is 477. The summed E-state index contributed by atoms with van der Waals surface area (Å²) in [5.41, 5.74) is 0.470. The van der Waals surface area contributed by atoms with Crippen LogP contribution in [0.15, 0.2) is 29.8 Å². The maximum atomic E-state index is 12.0. The van der Waals surface area contributed by atoms with Gasteiger partial charge < -0.3 is 4.74 Å². The SMILES string of the molecule is CC(=O)C(=Cc1cccc(OC(F)F)c1)C(C)=O. The highest BCUT2D eigenvalue weighted by Gasteiger charge is 2.10. The van der Waals surface area contributed by atoms with Crippen molar-refractivity contribution in [2.24, 2.45) is 0 Å². The van der Waals surface area contributed by atoms with Crippen molar-refractivity contribution < 1.29 is 23.1 Å². The number of carbonyl (C=O) groups excluding carboxylic acids is 2. The van der Waals surface area contributed by atoms with E-state index in [0.29, 0.717) is 5.56 Å². The normalized spacial score (nSPS) is 10.1. The van der Waals surface area contributed by atoms with Crippen LogP contribution in [-0.4, -0.2) is 18.2 Å². The lowest BCUT2D eigenvalue weighted by molar-refractivity contribution is -0.119. The lowest BCUT2D eigenvalue weighted by Crippen LogP contribution is -2.06. The van der Waals surface area contributed by atoms with E-state index in [1.807, 2.05) is 0 Å². The van der Waals surface area contributed by atoms with Crippen molar-refractivity contribution in [2.75, 3.05) is 0 Å². The van der Waals surface area contributed by atoms with Gasteiger partial charge in [-0.3, -0.25) is 9.59 Å². The molecule has 5 heteroatoms. The molecule has 1 aromatic carbocycles. The van der Waals surface area contributed by atoms with Crippen molar-refractivity contribution in [3.8, 4) is 5.75 Å². The quantitative estimate of drug-likeness (QED) is 0.461. The van der Waals surface area contributed by atoms with Crippen LogP contribution >= 0.6 is 0 Å². The number of benzene rings is 1. The summed E-state index contributed by atoms with van der Waals surface area (Å²) in [7, 11) is 0. The lowest BCUT2D eigenvalue weighted by Gasteiger charge is -2.05. The number of rotatable bonds is 5. The number of carbonyl (C=O) groups is 2. The maximum absolute atomic E-state index is 12.0. The van der Waals surface area contributed by atoms with Crippen LogP contribution in [0.3, 0.4) is 0 Å². The van der Waals surface area contributed by atoms with Crippen molar-refractivity contribution in [1.29, 1.82) is 0 Å². The Hall–Kier alpha value is -2.04. The number of alkyl halides is 2. The molecule has 3 nitrogen and oxygen atoms in total. The molecule has 0 saturated carbocycles. The first kappa shape index (κ1) is 14.0. The first-order valence-corrected chi connectivity index (χ1v) is 5.18. The zero-order valence-electron chi connectivity index (χ0n) is 9.94. The summed E-state index contributed by atoms with van der Waals surface area (Å²) in [6.45, 7) is -0.372. The van der Waals surface area contributed by atoms with Crippen LogP contribution in [-0.2, 0) is 9.59 Å². The smallest absolute Gasteiger partial charge is 0.387 e. The molecule has 0 fully saturated rings. The number of hydrogen-bond acceptors (Lipinski definition) is 3. The Morgan fingerprint density at radius 2 is 1.83 bits per heavy atom. The molecule has 0 N–H and O–H groups in total. The predicted molar refractivity (Wildman–Crippen MR) is 62.4 cm³/mol. The molecule has 96 valence electrons. The van der Waals surface area contributed by atoms with Crippen molar-refractivity contribution in [3.05, 3.63) is 35.4 Å². The van der Waals surface area contributed by atoms with Crippen molar-refractivity contribution in [3.63, 3.8) is 0 Å². The summed E-state index contributed by atoms with van der Waals surface area (Å²) in [4.78, 5) is 22.4. The summed E-state index contributed by atoms with van der Waals surface area (Å²) >= 11 is 0. The molecule has 1 aromatic rings. The second kappa shape index (κ2) is 6.05. The molecule has 18 heavy (non-hydrogen) atoms. The molecule has 0 radical (unpaired) electrons. The van der Waals surface area contributed by atoms with Gasteiger partial charge in [0.1, 0.15) is 5.75 Å². The number of Topliss-reactive ketones (excluding diaryl/α,β-unsaturated/α-hetero) is 2. The number of halogens is 2. The van der Waals surface area contributed by atoms with Gasteiger partial charge in [0.2, 0.25) is 0 Å². The minimum absolute atomic E-state index is 0.0178. The molecule has 0 unspecified atom stereocenters. The van der Waals surface area contributed by atoms with Gasteiger partial charge in [-0.05, 0) is 37.6 Å². The molecule has 0 aliphatic rings. The largest absolute Gasteiger partial charge is 0.435 e. The van der Waals surface area contributed by atoms with E-state index in [1.54, 1.807) is 6.07 Å². The van der Waals surface area contributed by atoms with Crippen LogP contribution in [0, 0.1) is 0 Å². The van der Waals surface area contributed by atoms with Gasteiger partial charge in [-0.1, -0.05) is 12.1 Å². The van der Waals surface area contributed by atoms with Gasteiger partial charge in [0, 0.05) is 0 Å². The van der Waals surface area contributed by atoms with E-state index in [2.05, 4.69) is 4.74 Å². The van der Waals surface area contributed by atoms with Gasteiger partial charge in [-0.25, -0.2) is 0 Å². The van der Waals surface area contributed by atoms with E-state index in [4.69, 9.17) is 0 Å². The average Bonchev–Trinajstić information content (AvgIpc) is 2.24. The Labute approximate surface area is 103 Å². The third kappa shape index (κ3) is 4.08. The Balaban J connectivity index is 3.06. The molecule has 1 rings (SSSR count). The summed E-state index contributed by atoms with van der Waals surface area (Å²) < 4.78 is 28.3. The third-order valence-electron chi connectivity index (χ3n) is 2.15. The molecular formula is C13H12F2O3. The van der Waals surface area contributed by atoms with Gasteiger partial charge >= 0.3 is 6.61 Å². The fraction of sp³-hybridized carbons (Fsp3) is 0.231. The molecule has 0 atom stereocenters. The molecular weight excluding hydrogens is 242 g/mol. The number of ketones is 2. The number of hydrogen-bond donors (Lipinski definition) is 0. The Morgan fingerprint density at radius 3 is 2.33 bits per heavy atom. The number of allylic oxidation sites excluding steroid dienone is 1. The van der Waals surface area contributed by atoms with E-state index in [9.17, 15) is 18.4 Å². The Kier molecular flexibility index (Phi) is 4.71. The van der Waals surface area contributed by atoms with Gasteiger partial charge in [0.15, 0.2) is 11.6 Å². The summed E-state index contributed by atoms with van der Waals surface area (Å²) in [6.07, 6.45) is 1.35. The average molecular weight is 254 g/mol. The van der Waals surface area contributed by atoms with E-state index in [0.717, 1.165) is 0 Å². The highest BCUT2D eigenvalue weighted by molar-refractivity contribution is 6.21. The summed E-state index contributed by atoms with van der Waals surface area (Å²) in [5, 5.41) is 0. The Morgan fingerprint density at radius 1 is 1.22 bits per heavy atom. The van der Waals surface area contributed by atoms with Crippen LogP contribution in [0.25, 0.3) is 6.08 Å². The van der Waals surface area contributed by atoms with Gasteiger partial charge in [-0.2, -0.15) is 8.78 Å². The maximum Gasteiger partial charge on any atom is 0.387 e. The highest BCUT2D eigenvalue weighted by Crippen LogP contribution is 2.18. The predicted octanol–water partition coefficient (Wildman–Crippen LogP) is 2.85. The summed E-state index contributed by atoms with van der Waals surface area (Å²) in [5.74, 6) is -0.768. The first-order chi connectivity index (χ1) is 8.40. The zero-order chi connectivity index (χ0) is 13.7. The summed E-state index contributed by atoms with van der Waals surface area (Å²) in [6, 6.07) is 5.79. The van der Waals surface area contributed by atoms with Crippen LogP contribution in [0.5, 0.6) is 5.75 Å². The fourth-order valence-electron chi connectivity index (χ4n) is 1.40. The number of ether oxygens (including phenoxy) is 1.